The summed E-state index contributed by atoms with van der Waals surface area (Å²) in [6.45, 7) is 1.87. The molecule has 0 aliphatic carbocycles. The predicted octanol–water partition coefficient (Wildman–Crippen LogP) is 2.89. The quantitative estimate of drug-likeness (QED) is 0.629. The van der Waals surface area contributed by atoms with Crippen molar-refractivity contribution in [3.63, 3.8) is 0 Å². The number of nitrogens with one attached hydrogen (secondary N) is 1. The van der Waals surface area contributed by atoms with Gasteiger partial charge in [0.2, 0.25) is 5.88 Å². The lowest BCUT2D eigenvalue weighted by atomic mass is 10.1. The first kappa shape index (κ1) is 14.3. The van der Waals surface area contributed by atoms with E-state index in [-0.39, 0.29) is 5.91 Å². The molecule has 0 atom stereocenters. The van der Waals surface area contributed by atoms with Crippen LogP contribution in [-0.2, 0) is 7.05 Å². The number of anilines is 1. The summed E-state index contributed by atoms with van der Waals surface area (Å²) >= 11 is 0. The summed E-state index contributed by atoms with van der Waals surface area (Å²) in [6, 6.07) is 9.69. The van der Waals surface area contributed by atoms with Crippen LogP contribution < -0.4 is 5.32 Å². The summed E-state index contributed by atoms with van der Waals surface area (Å²) in [5, 5.41) is 11.0. The Morgan fingerprint density at radius 2 is 2.00 bits per heavy atom. The fourth-order valence-electron chi connectivity index (χ4n) is 2.70. The van der Waals surface area contributed by atoms with Gasteiger partial charge in [-0.2, -0.15) is 5.10 Å². The molecule has 0 aliphatic rings. The molecular weight excluding hydrogens is 306 g/mol. The Bertz CT molecular complexity index is 1030. The van der Waals surface area contributed by atoms with Gasteiger partial charge in [0, 0.05) is 30.6 Å². The van der Waals surface area contributed by atoms with Crippen LogP contribution in [0.4, 0.5) is 5.88 Å². The van der Waals surface area contributed by atoms with Gasteiger partial charge in [-0.3, -0.25) is 10.1 Å². The Labute approximate surface area is 137 Å². The molecule has 0 radical (unpaired) electrons. The average molecular weight is 321 g/mol. The molecule has 3 aromatic heterocycles. The zero-order chi connectivity index (χ0) is 16.7. The average Bonchev–Trinajstić information content (AvgIpc) is 3.27. The van der Waals surface area contributed by atoms with Gasteiger partial charge in [-0.25, -0.2) is 4.52 Å². The van der Waals surface area contributed by atoms with Crippen molar-refractivity contribution in [2.45, 2.75) is 6.92 Å². The molecule has 0 bridgehead atoms. The van der Waals surface area contributed by atoms with Crippen LogP contribution in [0.5, 0.6) is 0 Å². The van der Waals surface area contributed by atoms with Gasteiger partial charge >= 0.3 is 0 Å². The van der Waals surface area contributed by atoms with E-state index in [1.807, 2.05) is 55.1 Å². The molecule has 7 heteroatoms. The molecule has 24 heavy (non-hydrogen) atoms. The fourth-order valence-corrected chi connectivity index (χ4v) is 2.70. The van der Waals surface area contributed by atoms with E-state index in [4.69, 9.17) is 4.52 Å². The molecule has 0 saturated carbocycles. The Balaban J connectivity index is 1.65. The fraction of sp³-hybridized carbons (Fsp3) is 0.118. The van der Waals surface area contributed by atoms with Gasteiger partial charge < -0.3 is 9.09 Å². The maximum absolute atomic E-state index is 12.6. The lowest BCUT2D eigenvalue weighted by Gasteiger charge is -2.02. The van der Waals surface area contributed by atoms with Crippen LogP contribution in [0.3, 0.4) is 0 Å². The number of hydrogen-bond acceptors (Lipinski definition) is 4. The third-order valence-electron chi connectivity index (χ3n) is 3.98. The molecule has 0 unspecified atom stereocenters. The number of nitrogens with zero attached hydrogens (tertiary/aromatic N) is 4. The zero-order valence-corrected chi connectivity index (χ0v) is 13.2. The van der Waals surface area contributed by atoms with Crippen LogP contribution in [0.15, 0.2) is 53.4 Å². The standard InChI is InChI=1S/C17H15N5O2/c1-11-14(12-6-4-3-5-7-12)20-24-16(11)19-15(23)13-10-18-22-9-8-21(2)17(13)22/h3-10H,1-2H3,(H,19,23). The van der Waals surface area contributed by atoms with E-state index in [1.54, 1.807) is 10.7 Å². The number of fused-ring (bicyclic) bond motifs is 1. The van der Waals surface area contributed by atoms with E-state index in [9.17, 15) is 4.79 Å². The summed E-state index contributed by atoms with van der Waals surface area (Å²) in [5.74, 6) is 0.0538. The van der Waals surface area contributed by atoms with Crippen LogP contribution in [0.25, 0.3) is 16.9 Å². The van der Waals surface area contributed by atoms with Gasteiger partial charge in [0.25, 0.3) is 5.91 Å². The second kappa shape index (κ2) is 5.38. The minimum absolute atomic E-state index is 0.286. The van der Waals surface area contributed by atoms with Crippen molar-refractivity contribution in [1.82, 2.24) is 19.3 Å². The highest BCUT2D eigenvalue weighted by Gasteiger charge is 2.20. The Morgan fingerprint density at radius 3 is 2.79 bits per heavy atom. The maximum Gasteiger partial charge on any atom is 0.263 e. The van der Waals surface area contributed by atoms with Gasteiger partial charge in [-0.1, -0.05) is 35.5 Å². The number of aryl methyl sites for hydroxylation is 1. The number of carbonyl (C=O) groups excluding carboxylic acids is 1. The Kier molecular flexibility index (Phi) is 3.19. The first-order chi connectivity index (χ1) is 11.6. The van der Waals surface area contributed by atoms with Crippen molar-refractivity contribution in [1.29, 1.82) is 0 Å². The minimum Gasteiger partial charge on any atom is -0.338 e. The number of aromatic nitrogens is 4. The van der Waals surface area contributed by atoms with Crippen molar-refractivity contribution in [3.8, 4) is 11.3 Å². The summed E-state index contributed by atoms with van der Waals surface area (Å²) < 4.78 is 8.81. The highest BCUT2D eigenvalue weighted by molar-refractivity contribution is 6.08. The van der Waals surface area contributed by atoms with Crippen molar-refractivity contribution in [3.05, 3.63) is 60.0 Å². The normalized spacial score (nSPS) is 11.1. The lowest BCUT2D eigenvalue weighted by Crippen LogP contribution is -2.12. The Morgan fingerprint density at radius 1 is 1.21 bits per heavy atom. The predicted molar refractivity (Wildman–Crippen MR) is 88.8 cm³/mol. The largest absolute Gasteiger partial charge is 0.338 e. The van der Waals surface area contributed by atoms with E-state index in [1.165, 1.54) is 6.20 Å². The molecule has 1 N–H and O–H groups in total. The van der Waals surface area contributed by atoms with E-state index in [0.29, 0.717) is 22.8 Å². The highest BCUT2D eigenvalue weighted by Crippen LogP contribution is 2.28. The first-order valence-corrected chi connectivity index (χ1v) is 7.47. The van der Waals surface area contributed by atoms with Gasteiger partial charge in [-0.05, 0) is 6.92 Å². The molecule has 120 valence electrons. The smallest absolute Gasteiger partial charge is 0.263 e. The van der Waals surface area contributed by atoms with Gasteiger partial charge in [0.15, 0.2) is 0 Å². The third-order valence-corrected chi connectivity index (χ3v) is 3.98. The second-order valence-electron chi connectivity index (χ2n) is 5.54. The molecule has 1 amide bonds. The second-order valence-corrected chi connectivity index (χ2v) is 5.54. The SMILES string of the molecule is Cc1c(-c2ccccc2)noc1NC(=O)c1cnn2ccn(C)c12. The number of amides is 1. The van der Waals surface area contributed by atoms with Gasteiger partial charge in [0.1, 0.15) is 16.9 Å². The molecule has 0 spiro atoms. The molecule has 4 rings (SSSR count). The van der Waals surface area contributed by atoms with Crippen molar-refractivity contribution in [2.75, 3.05) is 5.32 Å². The summed E-state index contributed by atoms with van der Waals surface area (Å²) in [4.78, 5) is 12.6. The molecule has 0 saturated heterocycles. The molecule has 7 nitrogen and oxygen atoms in total. The van der Waals surface area contributed by atoms with Crippen LogP contribution >= 0.6 is 0 Å². The third kappa shape index (κ3) is 2.18. The van der Waals surface area contributed by atoms with Crippen molar-refractivity contribution >= 4 is 17.4 Å². The lowest BCUT2D eigenvalue weighted by molar-refractivity contribution is 0.102. The monoisotopic (exact) mass is 321 g/mol. The minimum atomic E-state index is -0.286. The van der Waals surface area contributed by atoms with E-state index < -0.39 is 0 Å². The number of carbonyl (C=O) groups is 1. The molecule has 0 fully saturated rings. The molecular formula is C17H15N5O2. The summed E-state index contributed by atoms with van der Waals surface area (Å²) in [7, 11) is 1.86. The highest BCUT2D eigenvalue weighted by atomic mass is 16.5. The first-order valence-electron chi connectivity index (χ1n) is 7.47. The van der Waals surface area contributed by atoms with E-state index >= 15 is 0 Å². The summed E-state index contributed by atoms with van der Waals surface area (Å²) in [6.07, 6.45) is 5.17. The topological polar surface area (TPSA) is 77.4 Å². The van der Waals surface area contributed by atoms with Gasteiger partial charge in [-0.15, -0.1) is 0 Å². The van der Waals surface area contributed by atoms with Crippen LogP contribution in [0.1, 0.15) is 15.9 Å². The summed E-state index contributed by atoms with van der Waals surface area (Å²) in [5.41, 5.74) is 3.62. The molecule has 4 aromatic rings. The number of benzene rings is 1. The number of hydrogen-bond donors (Lipinski definition) is 1. The Hall–Kier alpha value is -3.35. The van der Waals surface area contributed by atoms with Crippen molar-refractivity contribution < 1.29 is 9.32 Å². The maximum atomic E-state index is 12.6. The molecule has 3 heterocycles. The van der Waals surface area contributed by atoms with E-state index in [0.717, 1.165) is 11.1 Å². The number of imidazole rings is 1. The molecule has 0 aliphatic heterocycles. The van der Waals surface area contributed by atoms with Crippen LogP contribution in [0, 0.1) is 6.92 Å². The van der Waals surface area contributed by atoms with Crippen molar-refractivity contribution in [2.24, 2.45) is 7.05 Å². The number of rotatable bonds is 3. The zero-order valence-electron chi connectivity index (χ0n) is 13.2. The van der Waals surface area contributed by atoms with E-state index in [2.05, 4.69) is 15.6 Å². The van der Waals surface area contributed by atoms with Crippen LogP contribution in [-0.4, -0.2) is 25.2 Å². The van der Waals surface area contributed by atoms with Gasteiger partial charge in [0.05, 0.1) is 6.20 Å². The molecule has 1 aromatic carbocycles. The van der Waals surface area contributed by atoms with Crippen LogP contribution in [0.2, 0.25) is 0 Å².